The summed E-state index contributed by atoms with van der Waals surface area (Å²) >= 11 is 0. The molecule has 3 N–H and O–H groups in total. The van der Waals surface area contributed by atoms with Crippen molar-refractivity contribution in [3.63, 3.8) is 0 Å². The van der Waals surface area contributed by atoms with Gasteiger partial charge in [0.05, 0.1) is 18.8 Å². The first-order valence-electron chi connectivity index (χ1n) is 5.97. The van der Waals surface area contributed by atoms with Crippen molar-refractivity contribution in [3.05, 3.63) is 29.8 Å². The molecule has 0 saturated heterocycles. The summed E-state index contributed by atoms with van der Waals surface area (Å²) in [6, 6.07) is 7.90. The van der Waals surface area contributed by atoms with Crippen LogP contribution in [0.25, 0.3) is 0 Å². The van der Waals surface area contributed by atoms with Crippen molar-refractivity contribution in [2.24, 2.45) is 5.84 Å². The van der Waals surface area contributed by atoms with Crippen LogP contribution in [0.4, 0.5) is 0 Å². The number of benzene rings is 1. The summed E-state index contributed by atoms with van der Waals surface area (Å²) in [6.07, 6.45) is 0.168. The molecule has 1 aromatic rings. The average molecular weight is 238 g/mol. The molecule has 0 amide bonds. The molecular formula is C13H22N2O2. The molecule has 96 valence electrons. The van der Waals surface area contributed by atoms with E-state index >= 15 is 0 Å². The van der Waals surface area contributed by atoms with Gasteiger partial charge in [-0.25, -0.2) is 0 Å². The lowest BCUT2D eigenvalue weighted by molar-refractivity contribution is 0.123. The Morgan fingerprint density at radius 2 is 2.12 bits per heavy atom. The predicted molar refractivity (Wildman–Crippen MR) is 68.8 cm³/mol. The second-order valence-corrected chi connectivity index (χ2v) is 4.12. The van der Waals surface area contributed by atoms with E-state index in [0.29, 0.717) is 13.2 Å². The minimum Gasteiger partial charge on any atom is -0.491 e. The zero-order chi connectivity index (χ0) is 12.7. The fraction of sp³-hybridized carbons (Fsp3) is 0.538. The number of hydrazine groups is 1. The Labute approximate surface area is 103 Å². The summed E-state index contributed by atoms with van der Waals surface area (Å²) in [6.45, 7) is 7.21. The zero-order valence-corrected chi connectivity index (χ0v) is 10.8. The van der Waals surface area contributed by atoms with Gasteiger partial charge in [-0.1, -0.05) is 12.1 Å². The molecule has 0 aliphatic heterocycles. The van der Waals surface area contributed by atoms with Gasteiger partial charge in [-0.05, 0) is 38.5 Å². The molecule has 0 aliphatic rings. The minimum atomic E-state index is -0.00865. The van der Waals surface area contributed by atoms with Crippen LogP contribution in [0.3, 0.4) is 0 Å². The summed E-state index contributed by atoms with van der Waals surface area (Å²) in [5.74, 6) is 6.38. The number of rotatable bonds is 7. The van der Waals surface area contributed by atoms with Gasteiger partial charge in [0.2, 0.25) is 0 Å². The van der Waals surface area contributed by atoms with Crippen LogP contribution in [-0.4, -0.2) is 19.3 Å². The van der Waals surface area contributed by atoms with Gasteiger partial charge < -0.3 is 9.47 Å². The van der Waals surface area contributed by atoms with Crippen LogP contribution in [0.2, 0.25) is 0 Å². The van der Waals surface area contributed by atoms with Crippen LogP contribution < -0.4 is 16.0 Å². The Kier molecular flexibility index (Phi) is 5.97. The van der Waals surface area contributed by atoms with E-state index < -0.39 is 0 Å². The second kappa shape index (κ2) is 7.27. The highest BCUT2D eigenvalue weighted by Gasteiger charge is 2.10. The molecule has 0 aliphatic carbocycles. The Morgan fingerprint density at radius 3 is 2.71 bits per heavy atom. The van der Waals surface area contributed by atoms with Crippen molar-refractivity contribution >= 4 is 0 Å². The number of nitrogens with one attached hydrogen (secondary N) is 1. The summed E-state index contributed by atoms with van der Waals surface area (Å²) in [4.78, 5) is 0. The maximum atomic E-state index is 5.64. The normalized spacial score (nSPS) is 12.8. The van der Waals surface area contributed by atoms with Gasteiger partial charge in [-0.2, -0.15) is 0 Å². The molecule has 4 nitrogen and oxygen atoms in total. The van der Waals surface area contributed by atoms with Crippen LogP contribution in [0.5, 0.6) is 5.75 Å². The quantitative estimate of drug-likeness (QED) is 0.563. The van der Waals surface area contributed by atoms with Gasteiger partial charge in [0.1, 0.15) is 5.75 Å². The minimum absolute atomic E-state index is 0.00865. The van der Waals surface area contributed by atoms with E-state index in [1.54, 1.807) is 0 Å². The molecule has 1 rings (SSSR count). The second-order valence-electron chi connectivity index (χ2n) is 4.12. The first-order valence-corrected chi connectivity index (χ1v) is 5.97. The lowest BCUT2D eigenvalue weighted by Gasteiger charge is -2.17. The summed E-state index contributed by atoms with van der Waals surface area (Å²) < 4.78 is 11.0. The van der Waals surface area contributed by atoms with E-state index in [1.807, 2.05) is 45.0 Å². The highest BCUT2D eigenvalue weighted by Crippen LogP contribution is 2.20. The summed E-state index contributed by atoms with van der Waals surface area (Å²) in [7, 11) is 0. The molecule has 4 heteroatoms. The Morgan fingerprint density at radius 1 is 1.35 bits per heavy atom. The van der Waals surface area contributed by atoms with E-state index in [-0.39, 0.29) is 12.1 Å². The SMILES string of the molecule is CCOCC(NN)c1cccc(OC(C)C)c1. The maximum absolute atomic E-state index is 5.64. The molecule has 1 aromatic carbocycles. The highest BCUT2D eigenvalue weighted by molar-refractivity contribution is 5.30. The lowest BCUT2D eigenvalue weighted by Crippen LogP contribution is -2.31. The van der Waals surface area contributed by atoms with Gasteiger partial charge >= 0.3 is 0 Å². The van der Waals surface area contributed by atoms with E-state index in [4.69, 9.17) is 15.3 Å². The Hall–Kier alpha value is -1.10. The summed E-state index contributed by atoms with van der Waals surface area (Å²) in [5.41, 5.74) is 3.82. The number of ether oxygens (including phenoxy) is 2. The highest BCUT2D eigenvalue weighted by atomic mass is 16.5. The Bertz CT molecular complexity index is 329. The Balaban J connectivity index is 2.73. The van der Waals surface area contributed by atoms with Crippen molar-refractivity contribution < 1.29 is 9.47 Å². The van der Waals surface area contributed by atoms with Gasteiger partial charge in [0.15, 0.2) is 0 Å². The molecule has 0 bridgehead atoms. The molecule has 0 radical (unpaired) electrons. The average Bonchev–Trinajstić information content (AvgIpc) is 2.30. The molecular weight excluding hydrogens is 216 g/mol. The van der Waals surface area contributed by atoms with Crippen LogP contribution in [0.15, 0.2) is 24.3 Å². The third kappa shape index (κ3) is 4.73. The largest absolute Gasteiger partial charge is 0.491 e. The molecule has 0 aromatic heterocycles. The monoisotopic (exact) mass is 238 g/mol. The van der Waals surface area contributed by atoms with Crippen LogP contribution in [0, 0.1) is 0 Å². The van der Waals surface area contributed by atoms with Crippen molar-refractivity contribution in [3.8, 4) is 5.75 Å². The van der Waals surface area contributed by atoms with Gasteiger partial charge in [0, 0.05) is 6.61 Å². The molecule has 1 atom stereocenters. The standard InChI is InChI=1S/C13H22N2O2/c1-4-16-9-13(15-14)11-6-5-7-12(8-11)17-10(2)3/h5-8,10,13,15H,4,9,14H2,1-3H3. The third-order valence-electron chi connectivity index (χ3n) is 2.32. The molecule has 0 spiro atoms. The molecule has 17 heavy (non-hydrogen) atoms. The molecule has 0 heterocycles. The number of hydrogen-bond acceptors (Lipinski definition) is 4. The third-order valence-corrected chi connectivity index (χ3v) is 2.32. The van der Waals surface area contributed by atoms with Crippen molar-refractivity contribution in [2.75, 3.05) is 13.2 Å². The fourth-order valence-corrected chi connectivity index (χ4v) is 1.55. The number of nitrogens with two attached hydrogens (primary N) is 1. The van der Waals surface area contributed by atoms with Gasteiger partial charge in [0.25, 0.3) is 0 Å². The zero-order valence-electron chi connectivity index (χ0n) is 10.8. The maximum Gasteiger partial charge on any atom is 0.120 e. The smallest absolute Gasteiger partial charge is 0.120 e. The van der Waals surface area contributed by atoms with Crippen molar-refractivity contribution in [2.45, 2.75) is 32.9 Å². The van der Waals surface area contributed by atoms with Crippen molar-refractivity contribution in [1.82, 2.24) is 5.43 Å². The van der Waals surface area contributed by atoms with Gasteiger partial charge in [-0.3, -0.25) is 11.3 Å². The van der Waals surface area contributed by atoms with Crippen LogP contribution in [0.1, 0.15) is 32.4 Å². The molecule has 0 saturated carbocycles. The van der Waals surface area contributed by atoms with Crippen LogP contribution in [-0.2, 0) is 4.74 Å². The van der Waals surface area contributed by atoms with Gasteiger partial charge in [-0.15, -0.1) is 0 Å². The molecule has 0 fully saturated rings. The summed E-state index contributed by atoms with van der Waals surface area (Å²) in [5, 5.41) is 0. The first-order chi connectivity index (χ1) is 8.17. The molecule has 1 unspecified atom stereocenters. The van der Waals surface area contributed by atoms with E-state index in [0.717, 1.165) is 11.3 Å². The van der Waals surface area contributed by atoms with E-state index in [9.17, 15) is 0 Å². The van der Waals surface area contributed by atoms with E-state index in [1.165, 1.54) is 0 Å². The number of hydrogen-bond donors (Lipinski definition) is 2. The lowest BCUT2D eigenvalue weighted by atomic mass is 10.1. The van der Waals surface area contributed by atoms with Crippen molar-refractivity contribution in [1.29, 1.82) is 0 Å². The first kappa shape index (κ1) is 14.0. The van der Waals surface area contributed by atoms with Crippen LogP contribution >= 0.6 is 0 Å². The fourth-order valence-electron chi connectivity index (χ4n) is 1.55. The van der Waals surface area contributed by atoms with E-state index in [2.05, 4.69) is 5.43 Å². The topological polar surface area (TPSA) is 56.5 Å². The predicted octanol–water partition coefficient (Wildman–Crippen LogP) is 2.01.